The van der Waals surface area contributed by atoms with Gasteiger partial charge in [-0.25, -0.2) is 9.78 Å². The van der Waals surface area contributed by atoms with Gasteiger partial charge in [0.1, 0.15) is 10.6 Å². The van der Waals surface area contributed by atoms with E-state index in [0.717, 1.165) is 11.3 Å². The highest BCUT2D eigenvalue weighted by molar-refractivity contribution is 7.17. The van der Waals surface area contributed by atoms with E-state index in [1.807, 2.05) is 4.90 Å². The Bertz CT molecular complexity index is 1110. The number of carboxylic acid groups (broad SMARTS) is 1. The molecule has 1 aliphatic heterocycles. The first-order chi connectivity index (χ1) is 16.6. The average molecular weight is 548 g/mol. The Kier molecular flexibility index (Phi) is 9.00. The van der Waals surface area contributed by atoms with Crippen LogP contribution in [0.2, 0.25) is 10.0 Å². The van der Waals surface area contributed by atoms with E-state index in [-0.39, 0.29) is 40.0 Å². The second-order valence-electron chi connectivity index (χ2n) is 8.15. The van der Waals surface area contributed by atoms with E-state index in [1.165, 1.54) is 14.2 Å². The molecule has 0 spiro atoms. The van der Waals surface area contributed by atoms with E-state index < -0.39 is 23.9 Å². The van der Waals surface area contributed by atoms with Gasteiger partial charge in [0.2, 0.25) is 0 Å². The third-order valence-electron chi connectivity index (χ3n) is 5.55. The Hall–Kier alpha value is -2.38. The maximum Gasteiger partial charge on any atom is 0.348 e. The quantitative estimate of drug-likeness (QED) is 0.374. The van der Waals surface area contributed by atoms with Gasteiger partial charge < -0.3 is 35.1 Å². The zero-order valence-corrected chi connectivity index (χ0v) is 21.9. The molecule has 14 heteroatoms. The van der Waals surface area contributed by atoms with Crippen LogP contribution in [0.3, 0.4) is 0 Å². The summed E-state index contributed by atoms with van der Waals surface area (Å²) in [5.74, 6) is -2.23. The predicted molar refractivity (Wildman–Crippen MR) is 132 cm³/mol. The van der Waals surface area contributed by atoms with Gasteiger partial charge in [-0.05, 0) is 20.3 Å². The summed E-state index contributed by atoms with van der Waals surface area (Å²) in [6, 6.07) is -0.651. The molecule has 192 valence electrons. The summed E-state index contributed by atoms with van der Waals surface area (Å²) >= 11 is 13.2. The number of nitrogens with one attached hydrogen (secondary N) is 3. The van der Waals surface area contributed by atoms with E-state index in [0.29, 0.717) is 35.4 Å². The fourth-order valence-electron chi connectivity index (χ4n) is 3.79. The van der Waals surface area contributed by atoms with Crippen LogP contribution in [0.15, 0.2) is 0 Å². The Morgan fingerprint density at radius 2 is 2.00 bits per heavy atom. The van der Waals surface area contributed by atoms with E-state index in [1.54, 1.807) is 13.8 Å². The van der Waals surface area contributed by atoms with E-state index >= 15 is 0 Å². The van der Waals surface area contributed by atoms with Crippen LogP contribution in [0, 0.1) is 6.92 Å². The number of amides is 2. The molecule has 1 unspecified atom stereocenters. The number of carboxylic acids is 1. The van der Waals surface area contributed by atoms with Crippen molar-refractivity contribution in [2.45, 2.75) is 38.5 Å². The molecule has 3 heterocycles. The SMILES string of the molecule is COC[C@H](C)NC(=O)c1nc(N2CCC(NC(=O)c3[nH]c(C)c(Cl)c3Cl)[C@@H](OC)C2)sc1C(=O)O. The van der Waals surface area contributed by atoms with Crippen LogP contribution in [0.5, 0.6) is 0 Å². The van der Waals surface area contributed by atoms with Crippen molar-refractivity contribution in [3.05, 3.63) is 32.0 Å². The summed E-state index contributed by atoms with van der Waals surface area (Å²) < 4.78 is 10.6. The minimum absolute atomic E-state index is 0.153. The minimum atomic E-state index is -1.24. The number of hydrogen-bond donors (Lipinski definition) is 4. The lowest BCUT2D eigenvalue weighted by molar-refractivity contribution is 0.0540. The fraction of sp³-hybridized carbons (Fsp3) is 0.524. The van der Waals surface area contributed by atoms with Crippen LogP contribution >= 0.6 is 34.5 Å². The maximum atomic E-state index is 12.8. The zero-order valence-electron chi connectivity index (χ0n) is 19.6. The highest BCUT2D eigenvalue weighted by Crippen LogP contribution is 2.31. The van der Waals surface area contributed by atoms with Gasteiger partial charge in [0.15, 0.2) is 10.8 Å². The Morgan fingerprint density at radius 1 is 1.29 bits per heavy atom. The standard InChI is InChI=1S/C21H27Cl2N5O6S/c1-9(8-33-3)24-19(30)16-17(20(31)32)35-21(27-16)28-6-5-11(12(7-28)34-4)26-18(29)15-14(23)13(22)10(2)25-15/h9,11-12,25H,5-8H2,1-4H3,(H,24,30)(H,26,29)(H,31,32)/t9-,11?,12-/m0/s1. The van der Waals surface area contributed by atoms with E-state index in [2.05, 4.69) is 20.6 Å². The number of methoxy groups -OCH3 is 2. The summed E-state index contributed by atoms with van der Waals surface area (Å²) in [4.78, 5) is 46.1. The highest BCUT2D eigenvalue weighted by atomic mass is 35.5. The molecule has 2 aromatic heterocycles. The molecule has 11 nitrogen and oxygen atoms in total. The van der Waals surface area contributed by atoms with Gasteiger partial charge in [-0.2, -0.15) is 0 Å². The number of carbonyl (C=O) groups is 3. The lowest BCUT2D eigenvalue weighted by Gasteiger charge is -2.37. The number of H-pyrrole nitrogens is 1. The highest BCUT2D eigenvalue weighted by Gasteiger charge is 2.34. The summed E-state index contributed by atoms with van der Waals surface area (Å²) in [6.07, 6.45) is 0.0677. The number of aromatic carboxylic acids is 1. The Balaban J connectivity index is 1.73. The number of halogens is 2. The Labute approximate surface area is 216 Å². The molecule has 1 aliphatic rings. The van der Waals surface area contributed by atoms with Crippen molar-refractivity contribution in [1.29, 1.82) is 0 Å². The topological polar surface area (TPSA) is 146 Å². The van der Waals surface area contributed by atoms with Gasteiger partial charge in [-0.3, -0.25) is 9.59 Å². The molecule has 2 amide bonds. The van der Waals surface area contributed by atoms with Crippen molar-refractivity contribution < 1.29 is 29.0 Å². The first-order valence-electron chi connectivity index (χ1n) is 10.7. The second kappa shape index (κ2) is 11.6. The molecule has 4 N–H and O–H groups in total. The van der Waals surface area contributed by atoms with Crippen LogP contribution in [0.25, 0.3) is 0 Å². The molecule has 0 radical (unpaired) electrons. The normalized spacial score (nSPS) is 18.9. The van der Waals surface area contributed by atoms with Crippen LogP contribution in [0.4, 0.5) is 5.13 Å². The molecular weight excluding hydrogens is 521 g/mol. The summed E-state index contributed by atoms with van der Waals surface area (Å²) in [7, 11) is 3.03. The summed E-state index contributed by atoms with van der Waals surface area (Å²) in [5.41, 5.74) is 0.615. The van der Waals surface area contributed by atoms with Crippen LogP contribution in [-0.4, -0.2) is 85.0 Å². The number of aromatic amines is 1. The number of piperidine rings is 1. The van der Waals surface area contributed by atoms with Gasteiger partial charge in [-0.1, -0.05) is 34.5 Å². The van der Waals surface area contributed by atoms with Crippen LogP contribution in [0.1, 0.15) is 49.7 Å². The van der Waals surface area contributed by atoms with Crippen LogP contribution < -0.4 is 15.5 Å². The molecule has 3 atom stereocenters. The molecule has 0 aromatic carbocycles. The number of nitrogens with zero attached hydrogens (tertiary/aromatic N) is 2. The van der Waals surface area contributed by atoms with Crippen molar-refractivity contribution in [3.8, 4) is 0 Å². The predicted octanol–water partition coefficient (Wildman–Crippen LogP) is 2.57. The lowest BCUT2D eigenvalue weighted by atomic mass is 10.0. The van der Waals surface area contributed by atoms with E-state index in [9.17, 15) is 19.5 Å². The molecule has 0 bridgehead atoms. The minimum Gasteiger partial charge on any atom is -0.477 e. The smallest absolute Gasteiger partial charge is 0.348 e. The molecular formula is C21H27Cl2N5O6S. The van der Waals surface area contributed by atoms with Crippen molar-refractivity contribution in [2.75, 3.05) is 38.8 Å². The first-order valence-corrected chi connectivity index (χ1v) is 12.3. The maximum absolute atomic E-state index is 12.8. The first kappa shape index (κ1) is 27.2. The van der Waals surface area contributed by atoms with Crippen molar-refractivity contribution in [1.82, 2.24) is 20.6 Å². The van der Waals surface area contributed by atoms with Crippen molar-refractivity contribution >= 4 is 57.5 Å². The largest absolute Gasteiger partial charge is 0.477 e. The van der Waals surface area contributed by atoms with Crippen molar-refractivity contribution in [3.63, 3.8) is 0 Å². The second-order valence-corrected chi connectivity index (χ2v) is 9.88. The zero-order chi connectivity index (χ0) is 25.9. The van der Waals surface area contributed by atoms with Crippen LogP contribution in [-0.2, 0) is 9.47 Å². The number of hydrogen-bond acceptors (Lipinski definition) is 8. The summed E-state index contributed by atoms with van der Waals surface area (Å²) in [6.45, 7) is 4.52. The van der Waals surface area contributed by atoms with Gasteiger partial charge in [-0.15, -0.1) is 0 Å². The third-order valence-corrected chi connectivity index (χ3v) is 7.60. The molecule has 1 saturated heterocycles. The molecule has 0 saturated carbocycles. The third kappa shape index (κ3) is 6.07. The van der Waals surface area contributed by atoms with Gasteiger partial charge in [0.05, 0.1) is 28.8 Å². The number of thiazole rings is 1. The molecule has 1 fully saturated rings. The number of carbonyl (C=O) groups excluding carboxylic acids is 2. The monoisotopic (exact) mass is 547 g/mol. The van der Waals surface area contributed by atoms with Gasteiger partial charge >= 0.3 is 5.97 Å². The molecule has 35 heavy (non-hydrogen) atoms. The number of rotatable bonds is 9. The number of ether oxygens (including phenoxy) is 2. The van der Waals surface area contributed by atoms with E-state index in [4.69, 9.17) is 32.7 Å². The number of aromatic nitrogens is 2. The van der Waals surface area contributed by atoms with Gasteiger partial charge in [0.25, 0.3) is 11.8 Å². The molecule has 3 rings (SSSR count). The number of anilines is 1. The van der Waals surface area contributed by atoms with Gasteiger partial charge in [0, 0.05) is 39.0 Å². The molecule has 0 aliphatic carbocycles. The number of aryl methyl sites for hydroxylation is 1. The fourth-order valence-corrected chi connectivity index (χ4v) is 5.14. The summed E-state index contributed by atoms with van der Waals surface area (Å²) in [5, 5.41) is 16.1. The Morgan fingerprint density at radius 3 is 2.57 bits per heavy atom. The lowest BCUT2D eigenvalue weighted by Crippen LogP contribution is -2.55. The molecule has 2 aromatic rings. The average Bonchev–Trinajstić information content (AvgIpc) is 3.37. The van der Waals surface area contributed by atoms with Crippen molar-refractivity contribution in [2.24, 2.45) is 0 Å².